The van der Waals surface area contributed by atoms with Crippen molar-refractivity contribution in [3.8, 4) is 28.4 Å². The van der Waals surface area contributed by atoms with Crippen molar-refractivity contribution in [2.45, 2.75) is 13.3 Å². The van der Waals surface area contributed by atoms with Crippen molar-refractivity contribution in [2.75, 3.05) is 20.8 Å². The van der Waals surface area contributed by atoms with E-state index in [1.165, 1.54) is 12.5 Å². The lowest BCUT2D eigenvalue weighted by atomic mass is 9.99. The van der Waals surface area contributed by atoms with Crippen LogP contribution in [-0.4, -0.2) is 26.6 Å². The van der Waals surface area contributed by atoms with Gasteiger partial charge < -0.3 is 14.2 Å². The highest BCUT2D eigenvalue weighted by Gasteiger charge is 2.18. The summed E-state index contributed by atoms with van der Waals surface area (Å²) in [5, 5.41) is 0. The van der Waals surface area contributed by atoms with Crippen LogP contribution in [0.5, 0.6) is 17.2 Å². The molecule has 0 aromatic heterocycles. The Morgan fingerprint density at radius 3 is 2.32 bits per heavy atom. The number of carbonyl (C=O) groups is 1. The van der Waals surface area contributed by atoms with Crippen molar-refractivity contribution >= 4 is 5.78 Å². The van der Waals surface area contributed by atoms with Gasteiger partial charge in [0.1, 0.15) is 22.8 Å². The average molecular weight is 298 g/mol. The highest BCUT2D eigenvalue weighted by molar-refractivity contribution is 6.00. The molecule has 2 aromatic carbocycles. The van der Waals surface area contributed by atoms with E-state index in [9.17, 15) is 4.79 Å². The number of methoxy groups -OCH3 is 2. The highest BCUT2D eigenvalue weighted by atomic mass is 16.5. The van der Waals surface area contributed by atoms with E-state index >= 15 is 0 Å². The standard InChI is InChI=1S/C18H18O4/c1-11(19)18-16(20-2)9-14(10-17(18)21-3)13-5-4-12-6-7-22-15(12)8-13/h4-5,8-10H,6-7H2,1-3H3. The van der Waals surface area contributed by atoms with Crippen LogP contribution in [0.4, 0.5) is 0 Å². The first-order valence-corrected chi connectivity index (χ1v) is 7.17. The molecule has 0 radical (unpaired) electrons. The normalized spacial score (nSPS) is 12.5. The van der Waals surface area contributed by atoms with Crippen LogP contribution in [0, 0.1) is 0 Å². The summed E-state index contributed by atoms with van der Waals surface area (Å²) in [6, 6.07) is 9.86. The van der Waals surface area contributed by atoms with E-state index in [1.54, 1.807) is 14.2 Å². The molecule has 0 bridgehead atoms. The molecule has 0 unspecified atom stereocenters. The summed E-state index contributed by atoms with van der Waals surface area (Å²) < 4.78 is 16.4. The minimum atomic E-state index is -0.0856. The van der Waals surface area contributed by atoms with E-state index in [-0.39, 0.29) is 5.78 Å². The van der Waals surface area contributed by atoms with Gasteiger partial charge in [0.25, 0.3) is 0 Å². The first kappa shape index (κ1) is 14.4. The monoisotopic (exact) mass is 298 g/mol. The van der Waals surface area contributed by atoms with E-state index in [0.29, 0.717) is 17.1 Å². The summed E-state index contributed by atoms with van der Waals surface area (Å²) in [5.41, 5.74) is 3.62. The molecule has 0 saturated carbocycles. The summed E-state index contributed by atoms with van der Waals surface area (Å²) in [6.45, 7) is 2.23. The highest BCUT2D eigenvalue weighted by Crippen LogP contribution is 2.37. The summed E-state index contributed by atoms with van der Waals surface area (Å²) in [7, 11) is 3.10. The molecule has 0 fully saturated rings. The molecular weight excluding hydrogens is 280 g/mol. The largest absolute Gasteiger partial charge is 0.496 e. The van der Waals surface area contributed by atoms with Crippen molar-refractivity contribution in [1.29, 1.82) is 0 Å². The number of hydrogen-bond acceptors (Lipinski definition) is 4. The number of ketones is 1. The lowest BCUT2D eigenvalue weighted by Crippen LogP contribution is -2.02. The van der Waals surface area contributed by atoms with Crippen LogP contribution >= 0.6 is 0 Å². The molecule has 2 aromatic rings. The molecule has 4 nitrogen and oxygen atoms in total. The van der Waals surface area contributed by atoms with Crippen LogP contribution in [0.3, 0.4) is 0 Å². The Labute approximate surface area is 129 Å². The van der Waals surface area contributed by atoms with Crippen molar-refractivity contribution in [2.24, 2.45) is 0 Å². The number of ether oxygens (including phenoxy) is 3. The molecule has 114 valence electrons. The Morgan fingerprint density at radius 1 is 1.05 bits per heavy atom. The van der Waals surface area contributed by atoms with Gasteiger partial charge in [-0.2, -0.15) is 0 Å². The lowest BCUT2D eigenvalue weighted by Gasteiger charge is -2.14. The second-order valence-corrected chi connectivity index (χ2v) is 5.23. The van der Waals surface area contributed by atoms with Gasteiger partial charge in [-0.3, -0.25) is 4.79 Å². The van der Waals surface area contributed by atoms with Gasteiger partial charge in [-0.25, -0.2) is 0 Å². The van der Waals surface area contributed by atoms with Crippen LogP contribution in [0.1, 0.15) is 22.8 Å². The van der Waals surface area contributed by atoms with E-state index in [2.05, 4.69) is 12.1 Å². The molecule has 3 rings (SSSR count). The van der Waals surface area contributed by atoms with Gasteiger partial charge in [0.2, 0.25) is 0 Å². The predicted octanol–water partition coefficient (Wildman–Crippen LogP) is 3.51. The fourth-order valence-corrected chi connectivity index (χ4v) is 2.77. The molecule has 1 heterocycles. The minimum absolute atomic E-state index is 0.0856. The number of Topliss-reactive ketones (excluding diaryl/α,β-unsaturated/α-hetero) is 1. The molecule has 22 heavy (non-hydrogen) atoms. The van der Waals surface area contributed by atoms with Crippen molar-refractivity contribution in [1.82, 2.24) is 0 Å². The van der Waals surface area contributed by atoms with Gasteiger partial charge in [-0.15, -0.1) is 0 Å². The van der Waals surface area contributed by atoms with Crippen molar-refractivity contribution < 1.29 is 19.0 Å². The molecule has 0 spiro atoms. The maximum Gasteiger partial charge on any atom is 0.167 e. The summed E-state index contributed by atoms with van der Waals surface area (Å²) >= 11 is 0. The van der Waals surface area contributed by atoms with E-state index in [4.69, 9.17) is 14.2 Å². The molecule has 1 aliphatic heterocycles. The van der Waals surface area contributed by atoms with Gasteiger partial charge in [0.05, 0.1) is 20.8 Å². The van der Waals surface area contributed by atoms with E-state index in [0.717, 1.165) is 29.9 Å². The fourth-order valence-electron chi connectivity index (χ4n) is 2.77. The van der Waals surface area contributed by atoms with Gasteiger partial charge in [-0.05, 0) is 41.8 Å². The zero-order chi connectivity index (χ0) is 15.7. The third-order valence-corrected chi connectivity index (χ3v) is 3.89. The van der Waals surface area contributed by atoms with Crippen LogP contribution < -0.4 is 14.2 Å². The van der Waals surface area contributed by atoms with Crippen LogP contribution in [0.25, 0.3) is 11.1 Å². The van der Waals surface area contributed by atoms with Crippen LogP contribution in [0.15, 0.2) is 30.3 Å². The lowest BCUT2D eigenvalue weighted by molar-refractivity contribution is 0.101. The Kier molecular flexibility index (Phi) is 3.75. The fraction of sp³-hybridized carbons (Fsp3) is 0.278. The quantitative estimate of drug-likeness (QED) is 0.810. The number of rotatable bonds is 4. The summed E-state index contributed by atoms with van der Waals surface area (Å²) in [6.07, 6.45) is 0.950. The second-order valence-electron chi connectivity index (χ2n) is 5.23. The molecule has 0 saturated heterocycles. The van der Waals surface area contributed by atoms with Gasteiger partial charge in [0, 0.05) is 6.42 Å². The molecule has 0 atom stereocenters. The van der Waals surface area contributed by atoms with Gasteiger partial charge in [-0.1, -0.05) is 12.1 Å². The number of carbonyl (C=O) groups excluding carboxylic acids is 1. The summed E-state index contributed by atoms with van der Waals surface area (Å²) in [5.74, 6) is 1.87. The number of fused-ring (bicyclic) bond motifs is 1. The molecule has 0 amide bonds. The zero-order valence-electron chi connectivity index (χ0n) is 12.9. The van der Waals surface area contributed by atoms with Crippen LogP contribution in [0.2, 0.25) is 0 Å². The molecule has 0 aliphatic carbocycles. The zero-order valence-corrected chi connectivity index (χ0v) is 12.9. The first-order valence-electron chi connectivity index (χ1n) is 7.17. The van der Waals surface area contributed by atoms with Crippen LogP contribution in [-0.2, 0) is 6.42 Å². The number of hydrogen-bond donors (Lipinski definition) is 0. The Bertz CT molecular complexity index is 709. The number of benzene rings is 2. The van der Waals surface area contributed by atoms with E-state index < -0.39 is 0 Å². The predicted molar refractivity (Wildman–Crippen MR) is 84.2 cm³/mol. The maximum absolute atomic E-state index is 11.8. The van der Waals surface area contributed by atoms with Gasteiger partial charge >= 0.3 is 0 Å². The topological polar surface area (TPSA) is 44.8 Å². The molecule has 0 N–H and O–H groups in total. The van der Waals surface area contributed by atoms with E-state index in [1.807, 2.05) is 18.2 Å². The second kappa shape index (κ2) is 5.72. The smallest absolute Gasteiger partial charge is 0.167 e. The third-order valence-electron chi connectivity index (χ3n) is 3.89. The van der Waals surface area contributed by atoms with Crippen molar-refractivity contribution in [3.63, 3.8) is 0 Å². The molecular formula is C18H18O4. The first-order chi connectivity index (χ1) is 10.6. The minimum Gasteiger partial charge on any atom is -0.496 e. The van der Waals surface area contributed by atoms with Gasteiger partial charge in [0.15, 0.2) is 5.78 Å². The Hall–Kier alpha value is -2.49. The SMILES string of the molecule is COc1cc(-c2ccc3c(c2)OCC3)cc(OC)c1C(C)=O. The molecule has 4 heteroatoms. The maximum atomic E-state index is 11.8. The average Bonchev–Trinajstić information content (AvgIpc) is 3.00. The summed E-state index contributed by atoms with van der Waals surface area (Å²) in [4.78, 5) is 11.8. The Morgan fingerprint density at radius 2 is 1.73 bits per heavy atom. The van der Waals surface area contributed by atoms with Crippen molar-refractivity contribution in [3.05, 3.63) is 41.5 Å². The Balaban J connectivity index is 2.13. The molecule has 1 aliphatic rings. The third kappa shape index (κ3) is 2.41.